The second-order valence-corrected chi connectivity index (χ2v) is 7.92. The van der Waals surface area contributed by atoms with E-state index in [1.165, 1.54) is 6.07 Å². The molecule has 0 aromatic carbocycles. The minimum atomic E-state index is -1.15. The van der Waals surface area contributed by atoms with Crippen molar-refractivity contribution in [3.8, 4) is 0 Å². The summed E-state index contributed by atoms with van der Waals surface area (Å²) in [5.74, 6) is -1.82. The molecule has 1 saturated heterocycles. The lowest BCUT2D eigenvalue weighted by molar-refractivity contribution is -0.0739. The third-order valence-electron chi connectivity index (χ3n) is 4.50. The molecule has 1 saturated carbocycles. The fourth-order valence-electron chi connectivity index (χ4n) is 3.48. The number of carbonyl (C=O) groups is 2. The molecule has 0 bridgehead atoms. The topological polar surface area (TPSA) is 91.8 Å². The van der Waals surface area contributed by atoms with Crippen LogP contribution in [-0.4, -0.2) is 51.8 Å². The Labute approximate surface area is 145 Å². The van der Waals surface area contributed by atoms with E-state index < -0.39 is 17.5 Å². The van der Waals surface area contributed by atoms with Crippen molar-refractivity contribution < 1.29 is 23.8 Å². The first-order valence-electron chi connectivity index (χ1n) is 8.21. The van der Waals surface area contributed by atoms with Crippen molar-refractivity contribution in [2.24, 2.45) is 5.41 Å². The number of pyridine rings is 1. The van der Waals surface area contributed by atoms with Crippen molar-refractivity contribution in [1.29, 1.82) is 0 Å². The van der Waals surface area contributed by atoms with E-state index in [1.807, 2.05) is 20.8 Å². The third kappa shape index (κ3) is 3.67. The van der Waals surface area contributed by atoms with Crippen LogP contribution >= 0.6 is 0 Å². The van der Waals surface area contributed by atoms with Gasteiger partial charge in [-0.05, 0) is 45.7 Å². The molecular formula is C17H22FN3O4. The molecule has 2 N–H and O–H groups in total. The second-order valence-electron chi connectivity index (χ2n) is 7.92. The molecule has 8 heteroatoms. The number of hydrogen-bond donors (Lipinski definition) is 2. The van der Waals surface area contributed by atoms with Crippen molar-refractivity contribution in [3.63, 3.8) is 0 Å². The van der Waals surface area contributed by atoms with Gasteiger partial charge in [0.2, 0.25) is 5.95 Å². The molecule has 1 aliphatic carbocycles. The van der Waals surface area contributed by atoms with Crippen LogP contribution in [0, 0.1) is 11.4 Å². The first-order valence-corrected chi connectivity index (χ1v) is 8.21. The standard InChI is InChI=1S/C17H22FN3O4/c1-16(2,3)25-15(24)21-8-17(9-21)6-10(7-17)19-13-11(14(22)23)4-5-12(18)20-13/h4-5,10H,6-9H2,1-3H3,(H,19,20)(H,22,23). The highest BCUT2D eigenvalue weighted by Crippen LogP contribution is 2.49. The van der Waals surface area contributed by atoms with Gasteiger partial charge < -0.3 is 20.1 Å². The number of amides is 1. The van der Waals surface area contributed by atoms with Crippen LogP contribution in [0.3, 0.4) is 0 Å². The average molecular weight is 351 g/mol. The number of nitrogens with zero attached hydrogens (tertiary/aromatic N) is 2. The monoisotopic (exact) mass is 351 g/mol. The number of rotatable bonds is 3. The molecule has 7 nitrogen and oxygen atoms in total. The minimum Gasteiger partial charge on any atom is -0.478 e. The molecular weight excluding hydrogens is 329 g/mol. The summed E-state index contributed by atoms with van der Waals surface area (Å²) >= 11 is 0. The Morgan fingerprint density at radius 1 is 1.36 bits per heavy atom. The van der Waals surface area contributed by atoms with Crippen molar-refractivity contribution >= 4 is 17.9 Å². The number of likely N-dealkylation sites (tertiary alicyclic amines) is 1. The molecule has 1 aromatic heterocycles. The Kier molecular flexibility index (Phi) is 4.09. The van der Waals surface area contributed by atoms with Gasteiger partial charge in [0.05, 0.1) is 0 Å². The summed E-state index contributed by atoms with van der Waals surface area (Å²) < 4.78 is 18.6. The number of nitrogens with one attached hydrogen (secondary N) is 1. The van der Waals surface area contributed by atoms with Crippen molar-refractivity contribution in [2.45, 2.75) is 45.3 Å². The molecule has 1 spiro atoms. The molecule has 136 valence electrons. The first kappa shape index (κ1) is 17.4. The zero-order chi connectivity index (χ0) is 18.4. The number of carbonyl (C=O) groups excluding carboxylic acids is 1. The van der Waals surface area contributed by atoms with E-state index in [2.05, 4.69) is 10.3 Å². The number of anilines is 1. The molecule has 1 aliphatic heterocycles. The number of aromatic nitrogens is 1. The van der Waals surface area contributed by atoms with Crippen LogP contribution in [0.1, 0.15) is 44.0 Å². The highest BCUT2D eigenvalue weighted by Gasteiger charge is 2.54. The van der Waals surface area contributed by atoms with Crippen LogP contribution in [0.25, 0.3) is 0 Å². The number of hydrogen-bond acceptors (Lipinski definition) is 5. The maximum absolute atomic E-state index is 13.3. The molecule has 2 heterocycles. The molecule has 1 amide bonds. The summed E-state index contributed by atoms with van der Waals surface area (Å²) in [6.45, 7) is 6.74. The highest BCUT2D eigenvalue weighted by molar-refractivity contribution is 5.93. The van der Waals surface area contributed by atoms with E-state index in [0.717, 1.165) is 18.9 Å². The van der Waals surface area contributed by atoms with Crippen molar-refractivity contribution in [3.05, 3.63) is 23.6 Å². The predicted molar refractivity (Wildman–Crippen MR) is 88.0 cm³/mol. The van der Waals surface area contributed by atoms with Gasteiger partial charge in [-0.25, -0.2) is 14.6 Å². The van der Waals surface area contributed by atoms with E-state index in [1.54, 1.807) is 4.90 Å². The number of halogens is 1. The number of carboxylic acid groups (broad SMARTS) is 1. The Morgan fingerprint density at radius 3 is 2.56 bits per heavy atom. The quantitative estimate of drug-likeness (QED) is 0.814. The fraction of sp³-hybridized carbons (Fsp3) is 0.588. The van der Waals surface area contributed by atoms with Crippen LogP contribution in [0.4, 0.5) is 15.0 Å². The van der Waals surface area contributed by atoms with Gasteiger partial charge in [-0.1, -0.05) is 0 Å². The van der Waals surface area contributed by atoms with E-state index in [0.29, 0.717) is 13.1 Å². The van der Waals surface area contributed by atoms with Crippen molar-refractivity contribution in [2.75, 3.05) is 18.4 Å². The smallest absolute Gasteiger partial charge is 0.410 e. The molecule has 0 unspecified atom stereocenters. The van der Waals surface area contributed by atoms with Gasteiger partial charge in [0.15, 0.2) is 0 Å². The van der Waals surface area contributed by atoms with Gasteiger partial charge in [0.1, 0.15) is 17.0 Å². The maximum Gasteiger partial charge on any atom is 0.410 e. The largest absolute Gasteiger partial charge is 0.478 e. The lowest BCUT2D eigenvalue weighted by Crippen LogP contribution is -2.66. The van der Waals surface area contributed by atoms with Gasteiger partial charge in [0, 0.05) is 24.5 Å². The number of ether oxygens (including phenoxy) is 1. The molecule has 0 atom stereocenters. The molecule has 2 aliphatic rings. The Morgan fingerprint density at radius 2 is 2.00 bits per heavy atom. The van der Waals surface area contributed by atoms with Crippen LogP contribution in [-0.2, 0) is 4.74 Å². The summed E-state index contributed by atoms with van der Waals surface area (Å²) in [5.41, 5.74) is -0.517. The van der Waals surface area contributed by atoms with Crippen LogP contribution in [0.2, 0.25) is 0 Å². The minimum absolute atomic E-state index is 0.0215. The Hall–Kier alpha value is -2.38. The molecule has 0 radical (unpaired) electrons. The summed E-state index contributed by atoms with van der Waals surface area (Å²) in [7, 11) is 0. The average Bonchev–Trinajstić information content (AvgIpc) is 2.37. The van der Waals surface area contributed by atoms with Gasteiger partial charge in [0.25, 0.3) is 0 Å². The van der Waals surface area contributed by atoms with E-state index in [9.17, 15) is 14.0 Å². The number of carboxylic acids is 1. The van der Waals surface area contributed by atoms with Gasteiger partial charge in [-0.3, -0.25) is 0 Å². The summed E-state index contributed by atoms with van der Waals surface area (Å²) in [6.07, 6.45) is 1.25. The maximum atomic E-state index is 13.3. The van der Waals surface area contributed by atoms with Gasteiger partial charge in [-0.15, -0.1) is 0 Å². The Bertz CT molecular complexity index is 702. The van der Waals surface area contributed by atoms with Crippen LogP contribution < -0.4 is 5.32 Å². The molecule has 2 fully saturated rings. The van der Waals surface area contributed by atoms with E-state index in [4.69, 9.17) is 9.84 Å². The SMILES string of the molecule is CC(C)(C)OC(=O)N1CC2(CC(Nc3nc(F)ccc3C(=O)O)C2)C1. The third-order valence-corrected chi connectivity index (χ3v) is 4.50. The summed E-state index contributed by atoms with van der Waals surface area (Å²) in [6, 6.07) is 2.25. The number of aromatic carboxylic acids is 1. The summed E-state index contributed by atoms with van der Waals surface area (Å²) in [4.78, 5) is 28.5. The first-order chi connectivity index (χ1) is 11.6. The highest BCUT2D eigenvalue weighted by atomic mass is 19.1. The van der Waals surface area contributed by atoms with Gasteiger partial charge in [-0.2, -0.15) is 4.39 Å². The van der Waals surface area contributed by atoms with Crippen LogP contribution in [0.5, 0.6) is 0 Å². The van der Waals surface area contributed by atoms with Crippen LogP contribution in [0.15, 0.2) is 12.1 Å². The zero-order valence-corrected chi connectivity index (χ0v) is 14.5. The molecule has 25 heavy (non-hydrogen) atoms. The lowest BCUT2D eigenvalue weighted by Gasteiger charge is -2.58. The second kappa shape index (κ2) is 5.86. The summed E-state index contributed by atoms with van der Waals surface area (Å²) in [5, 5.41) is 12.2. The predicted octanol–water partition coefficient (Wildman–Crippen LogP) is 2.73. The molecule has 1 aromatic rings. The normalized spacial score (nSPS) is 19.1. The fourth-order valence-corrected chi connectivity index (χ4v) is 3.48. The van der Waals surface area contributed by atoms with Crippen molar-refractivity contribution in [1.82, 2.24) is 9.88 Å². The lowest BCUT2D eigenvalue weighted by atomic mass is 9.61. The Balaban J connectivity index is 1.53. The molecule has 3 rings (SSSR count). The zero-order valence-electron chi connectivity index (χ0n) is 14.5. The van der Waals surface area contributed by atoms with E-state index in [-0.39, 0.29) is 28.9 Å². The van der Waals surface area contributed by atoms with Gasteiger partial charge >= 0.3 is 12.1 Å². The van der Waals surface area contributed by atoms with E-state index >= 15 is 0 Å².